The van der Waals surface area contributed by atoms with Gasteiger partial charge in [0.25, 0.3) is 0 Å². The van der Waals surface area contributed by atoms with Gasteiger partial charge in [0, 0.05) is 12.6 Å². The van der Waals surface area contributed by atoms with Crippen LogP contribution in [0.25, 0.3) is 0 Å². The standard InChI is InChI=1S/C17H23F2N3O3/c1-22(11-16(24)21-13-4-5-13)10-15(23)20-9-8-12-2-6-14(7-3-12)25-17(18)19/h2-3,6-7,13,17H,4-5,8-11H2,1H3,(H,20,23)(H,21,24). The fourth-order valence-electron chi connectivity index (χ4n) is 2.29. The van der Waals surface area contributed by atoms with E-state index in [1.54, 1.807) is 24.1 Å². The fraction of sp³-hybridized carbons (Fsp3) is 0.529. The maximum atomic E-state index is 12.1. The summed E-state index contributed by atoms with van der Waals surface area (Å²) in [4.78, 5) is 25.1. The molecule has 2 rings (SSSR count). The van der Waals surface area contributed by atoms with Crippen LogP contribution in [0.15, 0.2) is 24.3 Å². The first-order valence-electron chi connectivity index (χ1n) is 8.20. The van der Waals surface area contributed by atoms with Crippen molar-refractivity contribution in [1.82, 2.24) is 15.5 Å². The van der Waals surface area contributed by atoms with E-state index in [0.717, 1.165) is 18.4 Å². The number of benzene rings is 1. The van der Waals surface area contributed by atoms with Crippen molar-refractivity contribution in [3.8, 4) is 5.75 Å². The van der Waals surface area contributed by atoms with Gasteiger partial charge in [0.1, 0.15) is 5.75 Å². The van der Waals surface area contributed by atoms with Crippen molar-refractivity contribution < 1.29 is 23.1 Å². The highest BCUT2D eigenvalue weighted by molar-refractivity contribution is 5.81. The Morgan fingerprint density at radius 3 is 2.44 bits per heavy atom. The van der Waals surface area contributed by atoms with E-state index >= 15 is 0 Å². The number of hydrogen-bond acceptors (Lipinski definition) is 4. The number of rotatable bonds is 10. The monoisotopic (exact) mass is 355 g/mol. The highest BCUT2D eigenvalue weighted by Crippen LogP contribution is 2.18. The molecule has 1 aromatic rings. The molecule has 0 unspecified atom stereocenters. The van der Waals surface area contributed by atoms with Gasteiger partial charge in [0.2, 0.25) is 11.8 Å². The number of amides is 2. The second-order valence-electron chi connectivity index (χ2n) is 6.14. The summed E-state index contributed by atoms with van der Waals surface area (Å²) in [7, 11) is 1.72. The quantitative estimate of drug-likeness (QED) is 0.661. The summed E-state index contributed by atoms with van der Waals surface area (Å²) in [5.41, 5.74) is 0.902. The lowest BCUT2D eigenvalue weighted by molar-refractivity contribution is -0.124. The Balaban J connectivity index is 1.61. The number of carbonyl (C=O) groups excluding carboxylic acids is 2. The number of halogens is 2. The summed E-state index contributed by atoms with van der Waals surface area (Å²) in [6.45, 7) is -2.08. The molecule has 0 aliphatic heterocycles. The van der Waals surface area contributed by atoms with E-state index < -0.39 is 6.61 Å². The lowest BCUT2D eigenvalue weighted by atomic mass is 10.1. The SMILES string of the molecule is CN(CC(=O)NCCc1ccc(OC(F)F)cc1)CC(=O)NC1CC1. The third-order valence-electron chi connectivity index (χ3n) is 3.65. The molecule has 1 aromatic carbocycles. The number of nitrogens with zero attached hydrogens (tertiary/aromatic N) is 1. The van der Waals surface area contributed by atoms with Gasteiger partial charge in [-0.3, -0.25) is 14.5 Å². The van der Waals surface area contributed by atoms with Crippen LogP contribution in [-0.4, -0.2) is 56.0 Å². The number of carbonyl (C=O) groups is 2. The molecule has 1 saturated carbocycles. The van der Waals surface area contributed by atoms with Crippen molar-refractivity contribution in [2.24, 2.45) is 0 Å². The molecule has 8 heteroatoms. The van der Waals surface area contributed by atoms with Crippen LogP contribution in [0.1, 0.15) is 18.4 Å². The zero-order valence-electron chi connectivity index (χ0n) is 14.1. The van der Waals surface area contributed by atoms with E-state index in [-0.39, 0.29) is 30.7 Å². The summed E-state index contributed by atoms with van der Waals surface area (Å²) in [5, 5.41) is 5.64. The molecule has 0 atom stereocenters. The fourth-order valence-corrected chi connectivity index (χ4v) is 2.29. The van der Waals surface area contributed by atoms with Crippen LogP contribution in [0.2, 0.25) is 0 Å². The lowest BCUT2D eigenvalue weighted by Gasteiger charge is -2.16. The molecule has 1 fully saturated rings. The minimum absolute atomic E-state index is 0.0658. The average Bonchev–Trinajstić information content (AvgIpc) is 3.32. The van der Waals surface area contributed by atoms with Gasteiger partial charge < -0.3 is 15.4 Å². The maximum absolute atomic E-state index is 12.1. The van der Waals surface area contributed by atoms with E-state index in [9.17, 15) is 18.4 Å². The van der Waals surface area contributed by atoms with Crippen molar-refractivity contribution in [3.63, 3.8) is 0 Å². The predicted molar refractivity (Wildman–Crippen MR) is 88.4 cm³/mol. The molecule has 25 heavy (non-hydrogen) atoms. The first kappa shape index (κ1) is 19.1. The first-order chi connectivity index (χ1) is 11.9. The molecule has 0 heterocycles. The van der Waals surface area contributed by atoms with Crippen LogP contribution in [0.4, 0.5) is 8.78 Å². The van der Waals surface area contributed by atoms with E-state index in [2.05, 4.69) is 15.4 Å². The molecule has 0 radical (unpaired) electrons. The van der Waals surface area contributed by atoms with E-state index in [1.165, 1.54) is 12.1 Å². The van der Waals surface area contributed by atoms with Gasteiger partial charge in [-0.05, 0) is 44.0 Å². The summed E-state index contributed by atoms with van der Waals surface area (Å²) in [6, 6.07) is 6.61. The molecule has 0 saturated heterocycles. The Hall–Kier alpha value is -2.22. The van der Waals surface area contributed by atoms with Crippen LogP contribution in [0, 0.1) is 0 Å². The van der Waals surface area contributed by atoms with Gasteiger partial charge in [-0.15, -0.1) is 0 Å². The molecule has 2 amide bonds. The van der Waals surface area contributed by atoms with Gasteiger partial charge in [0.05, 0.1) is 13.1 Å². The lowest BCUT2D eigenvalue weighted by Crippen LogP contribution is -2.41. The van der Waals surface area contributed by atoms with Crippen LogP contribution in [0.5, 0.6) is 5.75 Å². The Morgan fingerprint density at radius 2 is 1.84 bits per heavy atom. The number of alkyl halides is 2. The maximum Gasteiger partial charge on any atom is 0.387 e. The topological polar surface area (TPSA) is 70.7 Å². The number of ether oxygens (including phenoxy) is 1. The Morgan fingerprint density at radius 1 is 1.20 bits per heavy atom. The van der Waals surface area contributed by atoms with E-state index in [4.69, 9.17) is 0 Å². The summed E-state index contributed by atoms with van der Waals surface area (Å²) < 4.78 is 28.4. The summed E-state index contributed by atoms with van der Waals surface area (Å²) in [5.74, 6) is -0.128. The zero-order valence-corrected chi connectivity index (χ0v) is 14.1. The summed E-state index contributed by atoms with van der Waals surface area (Å²) >= 11 is 0. The molecule has 138 valence electrons. The van der Waals surface area contributed by atoms with Gasteiger partial charge >= 0.3 is 6.61 Å². The molecule has 1 aliphatic rings. The van der Waals surface area contributed by atoms with E-state index in [1.807, 2.05) is 0 Å². The van der Waals surface area contributed by atoms with Gasteiger partial charge in [-0.2, -0.15) is 8.78 Å². The second kappa shape index (κ2) is 9.31. The molecule has 0 aromatic heterocycles. The minimum atomic E-state index is -2.84. The van der Waals surface area contributed by atoms with Gasteiger partial charge in [-0.25, -0.2) is 0 Å². The van der Waals surface area contributed by atoms with Gasteiger partial charge in [-0.1, -0.05) is 12.1 Å². The van der Waals surface area contributed by atoms with Crippen molar-refractivity contribution in [2.45, 2.75) is 31.9 Å². The molecular weight excluding hydrogens is 332 g/mol. The molecule has 1 aliphatic carbocycles. The molecule has 2 N–H and O–H groups in total. The predicted octanol–water partition coefficient (Wildman–Crippen LogP) is 1.16. The first-order valence-corrected chi connectivity index (χ1v) is 8.20. The highest BCUT2D eigenvalue weighted by Gasteiger charge is 2.23. The Labute approximate surface area is 145 Å². The van der Waals surface area contributed by atoms with Crippen LogP contribution in [-0.2, 0) is 16.0 Å². The highest BCUT2D eigenvalue weighted by atomic mass is 19.3. The number of likely N-dealkylation sites (N-methyl/N-ethyl adjacent to an activating group) is 1. The normalized spacial score (nSPS) is 13.8. The Bertz CT molecular complexity index is 577. The smallest absolute Gasteiger partial charge is 0.387 e. The van der Waals surface area contributed by atoms with Crippen molar-refractivity contribution in [2.75, 3.05) is 26.7 Å². The van der Waals surface area contributed by atoms with Crippen LogP contribution < -0.4 is 15.4 Å². The zero-order chi connectivity index (χ0) is 18.2. The minimum Gasteiger partial charge on any atom is -0.435 e. The summed E-state index contributed by atoms with van der Waals surface area (Å²) in [6.07, 6.45) is 2.64. The molecular formula is C17H23F2N3O3. The largest absolute Gasteiger partial charge is 0.435 e. The second-order valence-corrected chi connectivity index (χ2v) is 6.14. The number of hydrogen-bond donors (Lipinski definition) is 2. The average molecular weight is 355 g/mol. The molecule has 0 bridgehead atoms. The third-order valence-corrected chi connectivity index (χ3v) is 3.65. The van der Waals surface area contributed by atoms with Crippen molar-refractivity contribution in [1.29, 1.82) is 0 Å². The molecule has 0 spiro atoms. The third kappa shape index (κ3) is 7.93. The van der Waals surface area contributed by atoms with Crippen LogP contribution in [0.3, 0.4) is 0 Å². The van der Waals surface area contributed by atoms with Crippen molar-refractivity contribution in [3.05, 3.63) is 29.8 Å². The number of nitrogens with one attached hydrogen (secondary N) is 2. The van der Waals surface area contributed by atoms with Crippen molar-refractivity contribution >= 4 is 11.8 Å². The molecule has 6 nitrogen and oxygen atoms in total. The Kier molecular flexibility index (Phi) is 7.12. The van der Waals surface area contributed by atoms with E-state index in [0.29, 0.717) is 19.0 Å². The van der Waals surface area contributed by atoms with Gasteiger partial charge in [0.15, 0.2) is 0 Å². The van der Waals surface area contributed by atoms with Crippen LogP contribution >= 0.6 is 0 Å².